The molecule has 1 amide bonds. The monoisotopic (exact) mass is 292 g/mol. The molecule has 2 fully saturated rings. The molecule has 2 heterocycles. The molecule has 3 unspecified atom stereocenters. The summed E-state index contributed by atoms with van der Waals surface area (Å²) in [5.74, 6) is 1.31. The predicted molar refractivity (Wildman–Crippen MR) is 81.2 cm³/mol. The first kappa shape index (κ1) is 13.9. The topological polar surface area (TPSA) is 32.3 Å². The van der Waals surface area contributed by atoms with Gasteiger partial charge < -0.3 is 10.2 Å². The fourth-order valence-corrected chi connectivity index (χ4v) is 3.95. The number of aryl methyl sites for hydroxylation is 1. The summed E-state index contributed by atoms with van der Waals surface area (Å²) in [6, 6.07) is 6.04. The number of nitrogens with zero attached hydrogens (tertiary/aromatic N) is 1. The second-order valence-corrected chi connectivity index (χ2v) is 6.33. The minimum atomic E-state index is 0.0972. The van der Waals surface area contributed by atoms with Crippen LogP contribution < -0.4 is 5.32 Å². The molecule has 0 bridgehead atoms. The molecule has 20 heavy (non-hydrogen) atoms. The highest BCUT2D eigenvalue weighted by Crippen LogP contribution is 2.36. The zero-order chi connectivity index (χ0) is 14.3. The van der Waals surface area contributed by atoms with Gasteiger partial charge in [0.05, 0.1) is 10.6 Å². The van der Waals surface area contributed by atoms with Crippen LogP contribution in [0.4, 0.5) is 0 Å². The summed E-state index contributed by atoms with van der Waals surface area (Å²) in [6.07, 6.45) is 1.01. The highest BCUT2D eigenvalue weighted by molar-refractivity contribution is 6.34. The Morgan fingerprint density at radius 3 is 3.00 bits per heavy atom. The van der Waals surface area contributed by atoms with E-state index in [-0.39, 0.29) is 5.91 Å². The molecule has 0 aromatic heterocycles. The molecule has 0 aliphatic carbocycles. The molecule has 4 heteroatoms. The van der Waals surface area contributed by atoms with Crippen molar-refractivity contribution in [3.63, 3.8) is 0 Å². The van der Waals surface area contributed by atoms with Crippen molar-refractivity contribution in [2.24, 2.45) is 11.8 Å². The number of hydrogen-bond donors (Lipinski definition) is 1. The number of amides is 1. The minimum absolute atomic E-state index is 0.0972. The quantitative estimate of drug-likeness (QED) is 0.909. The van der Waals surface area contributed by atoms with Crippen LogP contribution in [0.5, 0.6) is 0 Å². The Bertz CT molecular complexity index is 531. The summed E-state index contributed by atoms with van der Waals surface area (Å²) < 4.78 is 0. The molecule has 2 aliphatic rings. The smallest absolute Gasteiger partial charge is 0.255 e. The molecule has 1 aromatic rings. The van der Waals surface area contributed by atoms with E-state index in [1.807, 2.05) is 25.1 Å². The van der Waals surface area contributed by atoms with Crippen LogP contribution in [0.2, 0.25) is 5.02 Å². The van der Waals surface area contributed by atoms with Crippen LogP contribution in [0.3, 0.4) is 0 Å². The fourth-order valence-electron chi connectivity index (χ4n) is 3.75. The van der Waals surface area contributed by atoms with E-state index in [0.29, 0.717) is 28.5 Å². The van der Waals surface area contributed by atoms with E-state index in [1.165, 1.54) is 0 Å². The summed E-state index contributed by atoms with van der Waals surface area (Å²) in [4.78, 5) is 14.9. The predicted octanol–water partition coefficient (Wildman–Crippen LogP) is 2.72. The SMILES string of the molecule is CCC1C2CNCC2CN1C(=O)c1cccc(C)c1Cl. The second-order valence-electron chi connectivity index (χ2n) is 5.95. The van der Waals surface area contributed by atoms with E-state index in [2.05, 4.69) is 17.1 Å². The lowest BCUT2D eigenvalue weighted by Gasteiger charge is -2.27. The van der Waals surface area contributed by atoms with Crippen molar-refractivity contribution in [1.82, 2.24) is 10.2 Å². The Balaban J connectivity index is 1.89. The van der Waals surface area contributed by atoms with Gasteiger partial charge in [0.15, 0.2) is 0 Å². The molecule has 1 aromatic carbocycles. The van der Waals surface area contributed by atoms with Crippen LogP contribution in [0.25, 0.3) is 0 Å². The summed E-state index contributed by atoms with van der Waals surface area (Å²) in [5, 5.41) is 4.04. The van der Waals surface area contributed by atoms with Crippen molar-refractivity contribution >= 4 is 17.5 Å². The number of rotatable bonds is 2. The molecule has 1 N–H and O–H groups in total. The van der Waals surface area contributed by atoms with Gasteiger partial charge in [0.1, 0.15) is 0 Å². The van der Waals surface area contributed by atoms with Crippen molar-refractivity contribution in [1.29, 1.82) is 0 Å². The van der Waals surface area contributed by atoms with Crippen molar-refractivity contribution in [3.8, 4) is 0 Å². The molecule has 0 saturated carbocycles. The Morgan fingerprint density at radius 1 is 1.45 bits per heavy atom. The summed E-state index contributed by atoms with van der Waals surface area (Å²) in [6.45, 7) is 7.04. The van der Waals surface area contributed by atoms with Gasteiger partial charge in [-0.05, 0) is 36.8 Å². The average Bonchev–Trinajstić information content (AvgIpc) is 3.01. The fraction of sp³-hybridized carbons (Fsp3) is 0.562. The average molecular weight is 293 g/mol. The van der Waals surface area contributed by atoms with Gasteiger partial charge >= 0.3 is 0 Å². The van der Waals surface area contributed by atoms with Gasteiger partial charge in [-0.15, -0.1) is 0 Å². The molecule has 2 aliphatic heterocycles. The first-order chi connectivity index (χ1) is 9.63. The Morgan fingerprint density at radius 2 is 2.25 bits per heavy atom. The summed E-state index contributed by atoms with van der Waals surface area (Å²) in [5.41, 5.74) is 1.62. The van der Waals surface area contributed by atoms with Crippen LogP contribution in [0.1, 0.15) is 29.3 Å². The lowest BCUT2D eigenvalue weighted by Crippen LogP contribution is -2.39. The lowest BCUT2D eigenvalue weighted by atomic mass is 9.93. The maximum atomic E-state index is 12.8. The number of carbonyl (C=O) groups is 1. The van der Waals surface area contributed by atoms with E-state index in [0.717, 1.165) is 31.6 Å². The van der Waals surface area contributed by atoms with Gasteiger partial charge in [-0.1, -0.05) is 30.7 Å². The Labute approximate surface area is 125 Å². The van der Waals surface area contributed by atoms with Crippen LogP contribution >= 0.6 is 11.6 Å². The second kappa shape index (κ2) is 5.38. The van der Waals surface area contributed by atoms with Gasteiger partial charge in [-0.2, -0.15) is 0 Å². The van der Waals surface area contributed by atoms with Gasteiger partial charge in [0, 0.05) is 25.7 Å². The molecule has 3 rings (SSSR count). The molecular formula is C16H21ClN2O. The van der Waals surface area contributed by atoms with Gasteiger partial charge in [0.25, 0.3) is 5.91 Å². The van der Waals surface area contributed by atoms with E-state index >= 15 is 0 Å². The van der Waals surface area contributed by atoms with E-state index in [1.54, 1.807) is 0 Å². The Kier molecular flexibility index (Phi) is 3.74. The minimum Gasteiger partial charge on any atom is -0.335 e. The van der Waals surface area contributed by atoms with Crippen molar-refractivity contribution in [2.45, 2.75) is 26.3 Å². The molecule has 0 radical (unpaired) electrons. The zero-order valence-electron chi connectivity index (χ0n) is 12.0. The Hall–Kier alpha value is -1.06. The van der Waals surface area contributed by atoms with E-state index in [4.69, 9.17) is 11.6 Å². The van der Waals surface area contributed by atoms with Crippen LogP contribution in [0.15, 0.2) is 18.2 Å². The third-order valence-electron chi connectivity index (χ3n) is 4.82. The van der Waals surface area contributed by atoms with Gasteiger partial charge in [-0.25, -0.2) is 0 Å². The maximum absolute atomic E-state index is 12.8. The first-order valence-corrected chi connectivity index (χ1v) is 7.78. The number of nitrogens with one attached hydrogen (secondary N) is 1. The van der Waals surface area contributed by atoms with Gasteiger partial charge in [-0.3, -0.25) is 4.79 Å². The standard InChI is InChI=1S/C16H21ClN2O/c1-3-14-13-8-18-7-11(13)9-19(14)16(20)12-6-4-5-10(2)15(12)17/h4-6,11,13-14,18H,3,7-9H2,1-2H3. The third-order valence-corrected chi connectivity index (χ3v) is 5.32. The summed E-state index contributed by atoms with van der Waals surface area (Å²) >= 11 is 6.32. The molecule has 3 atom stereocenters. The normalized spacial score (nSPS) is 28.8. The highest BCUT2D eigenvalue weighted by atomic mass is 35.5. The molecular weight excluding hydrogens is 272 g/mol. The van der Waals surface area contributed by atoms with E-state index in [9.17, 15) is 4.79 Å². The number of benzene rings is 1. The molecule has 0 spiro atoms. The van der Waals surface area contributed by atoms with Crippen LogP contribution in [-0.2, 0) is 0 Å². The number of fused-ring (bicyclic) bond motifs is 1. The number of hydrogen-bond acceptors (Lipinski definition) is 2. The van der Waals surface area contributed by atoms with Crippen LogP contribution in [-0.4, -0.2) is 36.5 Å². The van der Waals surface area contributed by atoms with Gasteiger partial charge in [0.2, 0.25) is 0 Å². The zero-order valence-corrected chi connectivity index (χ0v) is 12.8. The number of carbonyl (C=O) groups excluding carboxylic acids is 1. The molecule has 2 saturated heterocycles. The third kappa shape index (κ3) is 2.13. The first-order valence-electron chi connectivity index (χ1n) is 7.40. The van der Waals surface area contributed by atoms with Crippen molar-refractivity contribution in [3.05, 3.63) is 34.3 Å². The highest BCUT2D eigenvalue weighted by Gasteiger charge is 2.45. The lowest BCUT2D eigenvalue weighted by molar-refractivity contribution is 0.0711. The largest absolute Gasteiger partial charge is 0.335 e. The van der Waals surface area contributed by atoms with Crippen LogP contribution in [0, 0.1) is 18.8 Å². The maximum Gasteiger partial charge on any atom is 0.255 e. The summed E-state index contributed by atoms with van der Waals surface area (Å²) in [7, 11) is 0. The molecule has 3 nitrogen and oxygen atoms in total. The molecule has 108 valence electrons. The van der Waals surface area contributed by atoms with E-state index < -0.39 is 0 Å². The van der Waals surface area contributed by atoms with Crippen molar-refractivity contribution < 1.29 is 4.79 Å². The number of likely N-dealkylation sites (tertiary alicyclic amines) is 1. The number of halogens is 1. The van der Waals surface area contributed by atoms with Crippen molar-refractivity contribution in [2.75, 3.05) is 19.6 Å².